The number of rotatable bonds is 1. The second-order valence-electron chi connectivity index (χ2n) is 7.49. The van der Waals surface area contributed by atoms with Crippen LogP contribution in [0.25, 0.3) is 11.4 Å². The molecule has 0 aliphatic carbocycles. The molecule has 2 aromatic heterocycles. The molecule has 26 heavy (non-hydrogen) atoms. The fraction of sp³-hybridized carbons (Fsp3) is 0.588. The topological polar surface area (TPSA) is 72.7 Å². The highest BCUT2D eigenvalue weighted by molar-refractivity contribution is 7.16. The van der Waals surface area contributed by atoms with Crippen LogP contribution in [0.3, 0.4) is 0 Å². The Hall–Kier alpha value is -2.29. The number of aryl methyl sites for hydroxylation is 1. The molecular formula is C17H23N5O3S. The van der Waals surface area contributed by atoms with Crippen LogP contribution in [-0.2, 0) is 18.4 Å². The van der Waals surface area contributed by atoms with Crippen molar-refractivity contribution < 1.29 is 14.3 Å². The minimum absolute atomic E-state index is 0.247. The normalized spacial score (nSPS) is 16.8. The summed E-state index contributed by atoms with van der Waals surface area (Å²) in [6, 6.07) is 0. The van der Waals surface area contributed by atoms with Gasteiger partial charge >= 0.3 is 6.09 Å². The van der Waals surface area contributed by atoms with E-state index in [0.717, 1.165) is 40.2 Å². The predicted octanol–water partition coefficient (Wildman–Crippen LogP) is 2.49. The van der Waals surface area contributed by atoms with E-state index in [1.54, 1.807) is 27.1 Å². The zero-order chi connectivity index (χ0) is 18.5. The quantitative estimate of drug-likeness (QED) is 0.760. The van der Waals surface area contributed by atoms with Gasteiger partial charge in [-0.25, -0.2) is 9.78 Å². The number of fused-ring (bicyclic) bond motifs is 3. The summed E-state index contributed by atoms with van der Waals surface area (Å²) in [7, 11) is 1.90. The lowest BCUT2D eigenvalue weighted by atomic mass is 10.2. The van der Waals surface area contributed by atoms with Crippen molar-refractivity contribution in [1.82, 2.24) is 19.7 Å². The molecule has 0 aromatic carbocycles. The first-order valence-electron chi connectivity index (χ1n) is 8.69. The highest BCUT2D eigenvalue weighted by Gasteiger charge is 2.30. The highest BCUT2D eigenvalue weighted by atomic mass is 32.1. The number of carbonyl (C=O) groups excluding carboxylic acids is 1. The smallest absolute Gasteiger partial charge is 0.410 e. The van der Waals surface area contributed by atoms with Gasteiger partial charge in [-0.15, -0.1) is 0 Å². The molecule has 4 rings (SSSR count). The van der Waals surface area contributed by atoms with E-state index in [1.807, 2.05) is 27.8 Å². The molecule has 0 spiro atoms. The van der Waals surface area contributed by atoms with Gasteiger partial charge in [0.15, 0.2) is 10.9 Å². The van der Waals surface area contributed by atoms with Crippen LogP contribution in [0.5, 0.6) is 5.75 Å². The summed E-state index contributed by atoms with van der Waals surface area (Å²) in [6.07, 6.45) is 1.49. The number of hydrogen-bond donors (Lipinski definition) is 0. The maximum Gasteiger partial charge on any atom is 0.410 e. The number of piperazine rings is 1. The van der Waals surface area contributed by atoms with Gasteiger partial charge in [-0.3, -0.25) is 4.68 Å². The van der Waals surface area contributed by atoms with Crippen molar-refractivity contribution in [2.24, 2.45) is 7.05 Å². The van der Waals surface area contributed by atoms with Gasteiger partial charge in [-0.2, -0.15) is 5.10 Å². The monoisotopic (exact) mass is 377 g/mol. The Labute approximate surface area is 156 Å². The summed E-state index contributed by atoms with van der Waals surface area (Å²) in [5.74, 6) is 0.784. The molecule has 0 atom stereocenters. The summed E-state index contributed by atoms with van der Waals surface area (Å²) in [5.41, 5.74) is 1.42. The van der Waals surface area contributed by atoms with Crippen LogP contribution in [-0.4, -0.2) is 57.5 Å². The molecular weight excluding hydrogens is 354 g/mol. The molecule has 2 aromatic rings. The molecule has 8 nitrogen and oxygen atoms in total. The van der Waals surface area contributed by atoms with Gasteiger partial charge in [-0.05, 0) is 20.8 Å². The molecule has 2 aliphatic heterocycles. The first-order chi connectivity index (χ1) is 12.3. The largest absolute Gasteiger partial charge is 0.484 e. The van der Waals surface area contributed by atoms with Crippen LogP contribution in [0, 0.1) is 0 Å². The van der Waals surface area contributed by atoms with Crippen molar-refractivity contribution in [3.63, 3.8) is 0 Å². The Morgan fingerprint density at radius 3 is 2.69 bits per heavy atom. The molecule has 1 amide bonds. The second kappa shape index (κ2) is 6.15. The first kappa shape index (κ1) is 17.1. The lowest BCUT2D eigenvalue weighted by Crippen LogP contribution is -2.50. The standard InChI is InChI=1S/C17H23N5O3S/c1-17(2,3)25-16(23)22-7-5-21(6-8-22)15-19-13-12(26-15)10-24-11-9-18-20(4)14(11)13/h9H,5-8,10H2,1-4H3. The Morgan fingerprint density at radius 1 is 1.27 bits per heavy atom. The summed E-state index contributed by atoms with van der Waals surface area (Å²) in [6.45, 7) is 8.93. The van der Waals surface area contributed by atoms with Crippen LogP contribution in [0.4, 0.5) is 9.93 Å². The first-order valence-corrected chi connectivity index (χ1v) is 9.51. The number of aromatic nitrogens is 3. The molecule has 0 unspecified atom stereocenters. The van der Waals surface area contributed by atoms with Gasteiger partial charge in [0.25, 0.3) is 0 Å². The molecule has 0 saturated carbocycles. The molecule has 140 valence electrons. The zero-order valence-corrected chi connectivity index (χ0v) is 16.3. The molecule has 1 fully saturated rings. The maximum atomic E-state index is 12.2. The van der Waals surface area contributed by atoms with E-state index >= 15 is 0 Å². The van der Waals surface area contributed by atoms with E-state index in [9.17, 15) is 4.79 Å². The van der Waals surface area contributed by atoms with Gasteiger partial charge in [0, 0.05) is 33.2 Å². The molecule has 0 radical (unpaired) electrons. The maximum absolute atomic E-state index is 12.2. The van der Waals surface area contributed by atoms with Gasteiger partial charge in [0.05, 0.1) is 11.1 Å². The van der Waals surface area contributed by atoms with Crippen LogP contribution < -0.4 is 9.64 Å². The van der Waals surface area contributed by atoms with E-state index in [2.05, 4.69) is 10.00 Å². The van der Waals surface area contributed by atoms with Gasteiger partial charge in [0.2, 0.25) is 0 Å². The number of nitrogens with zero attached hydrogens (tertiary/aromatic N) is 5. The zero-order valence-electron chi connectivity index (χ0n) is 15.5. The number of thiazole rings is 1. The number of hydrogen-bond acceptors (Lipinski definition) is 7. The predicted molar refractivity (Wildman–Crippen MR) is 98.7 cm³/mol. The van der Waals surface area contributed by atoms with Gasteiger partial charge < -0.3 is 19.3 Å². The van der Waals surface area contributed by atoms with Crippen molar-refractivity contribution in [2.45, 2.75) is 33.0 Å². The van der Waals surface area contributed by atoms with Crippen molar-refractivity contribution in [3.05, 3.63) is 11.1 Å². The molecule has 2 aliphatic rings. The van der Waals surface area contributed by atoms with Gasteiger partial charge in [0.1, 0.15) is 23.6 Å². The number of ether oxygens (including phenoxy) is 2. The second-order valence-corrected chi connectivity index (χ2v) is 8.55. The SMILES string of the molecule is Cn1ncc2c1-c1nc(N3CCN(C(=O)OC(C)(C)C)CC3)sc1CO2. The number of carbonyl (C=O) groups is 1. The van der Waals surface area contributed by atoms with Crippen molar-refractivity contribution in [3.8, 4) is 17.1 Å². The van der Waals surface area contributed by atoms with E-state index in [-0.39, 0.29) is 6.09 Å². The van der Waals surface area contributed by atoms with E-state index in [0.29, 0.717) is 19.7 Å². The third kappa shape index (κ3) is 3.11. The van der Waals surface area contributed by atoms with Crippen LogP contribution in [0.2, 0.25) is 0 Å². The van der Waals surface area contributed by atoms with Crippen molar-refractivity contribution >= 4 is 22.6 Å². The van der Waals surface area contributed by atoms with E-state index in [4.69, 9.17) is 14.5 Å². The summed E-state index contributed by atoms with van der Waals surface area (Å²) in [5, 5.41) is 5.23. The summed E-state index contributed by atoms with van der Waals surface area (Å²) >= 11 is 1.65. The molecule has 4 heterocycles. The van der Waals surface area contributed by atoms with Gasteiger partial charge in [-0.1, -0.05) is 11.3 Å². The summed E-state index contributed by atoms with van der Waals surface area (Å²) < 4.78 is 13.0. The third-order valence-electron chi connectivity index (χ3n) is 4.38. The fourth-order valence-corrected chi connectivity index (χ4v) is 4.13. The highest BCUT2D eigenvalue weighted by Crippen LogP contribution is 2.41. The average molecular weight is 377 g/mol. The molecule has 0 bridgehead atoms. The van der Waals surface area contributed by atoms with Crippen molar-refractivity contribution in [2.75, 3.05) is 31.1 Å². The molecule has 9 heteroatoms. The molecule has 0 N–H and O–H groups in total. The minimum Gasteiger partial charge on any atom is -0.484 e. The third-order valence-corrected chi connectivity index (χ3v) is 5.47. The Morgan fingerprint density at radius 2 is 2.00 bits per heavy atom. The Bertz CT molecular complexity index is 830. The number of amides is 1. The Balaban J connectivity index is 1.46. The minimum atomic E-state index is -0.469. The lowest BCUT2D eigenvalue weighted by Gasteiger charge is -2.35. The van der Waals surface area contributed by atoms with E-state index < -0.39 is 5.60 Å². The number of anilines is 1. The lowest BCUT2D eigenvalue weighted by molar-refractivity contribution is 0.0240. The van der Waals surface area contributed by atoms with Crippen LogP contribution in [0.1, 0.15) is 25.6 Å². The molecule has 1 saturated heterocycles. The Kier molecular flexibility index (Phi) is 4.06. The van der Waals surface area contributed by atoms with Crippen molar-refractivity contribution in [1.29, 1.82) is 0 Å². The fourth-order valence-electron chi connectivity index (χ4n) is 3.10. The van der Waals surface area contributed by atoms with Crippen LogP contribution >= 0.6 is 11.3 Å². The van der Waals surface area contributed by atoms with Crippen LogP contribution in [0.15, 0.2) is 6.20 Å². The van der Waals surface area contributed by atoms with E-state index in [1.165, 1.54) is 0 Å². The average Bonchev–Trinajstić information content (AvgIpc) is 3.17. The summed E-state index contributed by atoms with van der Waals surface area (Å²) in [4.78, 5) is 22.2.